The molecule has 1 N–H and O–H groups in total. The van der Waals surface area contributed by atoms with Crippen molar-refractivity contribution in [1.29, 1.82) is 0 Å². The Balaban J connectivity index is 1.44. The van der Waals surface area contributed by atoms with Crippen LogP contribution in [0.4, 0.5) is 5.69 Å². The van der Waals surface area contributed by atoms with Crippen molar-refractivity contribution in [2.24, 2.45) is 22.9 Å². The van der Waals surface area contributed by atoms with E-state index in [0.717, 1.165) is 24.4 Å². The van der Waals surface area contributed by atoms with Gasteiger partial charge in [-0.3, -0.25) is 15.2 Å². The molecule has 5 rings (SSSR count). The van der Waals surface area contributed by atoms with Gasteiger partial charge in [-0.1, -0.05) is 48.7 Å². The maximum absolute atomic E-state index is 13.3. The number of rotatable bonds is 5. The van der Waals surface area contributed by atoms with Crippen LogP contribution in [0.5, 0.6) is 5.75 Å². The van der Waals surface area contributed by atoms with Crippen LogP contribution in [0, 0.1) is 17.8 Å². The topological polar surface area (TPSA) is 57.2 Å². The van der Waals surface area contributed by atoms with Crippen LogP contribution in [-0.4, -0.2) is 36.8 Å². The summed E-state index contributed by atoms with van der Waals surface area (Å²) in [5, 5.41) is 9.76. The molecule has 2 aliphatic heterocycles. The minimum Gasteiger partial charge on any atom is -0.497 e. The number of hydrazine groups is 1. The van der Waals surface area contributed by atoms with E-state index in [-0.39, 0.29) is 17.9 Å². The number of halogens is 2. The van der Waals surface area contributed by atoms with Gasteiger partial charge in [-0.05, 0) is 60.6 Å². The lowest BCUT2D eigenvalue weighted by Crippen LogP contribution is -2.45. The van der Waals surface area contributed by atoms with Gasteiger partial charge in [0.1, 0.15) is 11.5 Å². The van der Waals surface area contributed by atoms with Gasteiger partial charge in [0.15, 0.2) is 0 Å². The summed E-state index contributed by atoms with van der Waals surface area (Å²) in [4.78, 5) is 13.3. The van der Waals surface area contributed by atoms with Crippen molar-refractivity contribution in [2.75, 3.05) is 25.2 Å². The van der Waals surface area contributed by atoms with Crippen LogP contribution in [0.15, 0.2) is 47.6 Å². The molecule has 0 radical (unpaired) electrons. The third-order valence-electron chi connectivity index (χ3n) is 7.22. The van der Waals surface area contributed by atoms with Gasteiger partial charge in [0.05, 0.1) is 23.9 Å². The molecule has 33 heavy (non-hydrogen) atoms. The number of anilines is 1. The Morgan fingerprint density at radius 1 is 1.09 bits per heavy atom. The summed E-state index contributed by atoms with van der Waals surface area (Å²) in [7, 11) is 1.64. The molecule has 1 aliphatic carbocycles. The molecule has 1 amide bonds. The second kappa shape index (κ2) is 9.16. The van der Waals surface area contributed by atoms with Gasteiger partial charge in [-0.2, -0.15) is 5.10 Å². The highest BCUT2D eigenvalue weighted by Gasteiger charge is 2.42. The number of benzene rings is 2. The molecule has 8 heteroatoms. The summed E-state index contributed by atoms with van der Waals surface area (Å²) in [5.41, 5.74) is 5.37. The Morgan fingerprint density at radius 3 is 2.42 bits per heavy atom. The zero-order valence-corrected chi connectivity index (χ0v) is 20.3. The predicted octanol–water partition coefficient (Wildman–Crippen LogP) is 5.32. The fourth-order valence-corrected chi connectivity index (χ4v) is 6.01. The smallest absolute Gasteiger partial charge is 0.282 e. The van der Waals surface area contributed by atoms with Gasteiger partial charge in [0.25, 0.3) is 5.91 Å². The van der Waals surface area contributed by atoms with E-state index in [1.54, 1.807) is 19.2 Å². The first kappa shape index (κ1) is 22.5. The van der Waals surface area contributed by atoms with E-state index in [1.807, 2.05) is 42.3 Å². The second-order valence-electron chi connectivity index (χ2n) is 9.23. The monoisotopic (exact) mass is 486 g/mol. The lowest BCUT2D eigenvalue weighted by Gasteiger charge is -2.27. The van der Waals surface area contributed by atoms with Crippen molar-refractivity contribution in [3.63, 3.8) is 0 Å². The molecular weight excluding hydrogens is 459 g/mol. The van der Waals surface area contributed by atoms with E-state index in [2.05, 4.69) is 10.4 Å². The van der Waals surface area contributed by atoms with Crippen molar-refractivity contribution in [2.45, 2.75) is 32.2 Å². The number of carbonyl (C=O) groups is 1. The van der Waals surface area contributed by atoms with E-state index in [4.69, 9.17) is 33.0 Å². The number of nitrogens with one attached hydrogen (secondary N) is 1. The van der Waals surface area contributed by atoms with E-state index in [9.17, 15) is 4.79 Å². The number of methoxy groups -OCH3 is 1. The van der Waals surface area contributed by atoms with Crippen molar-refractivity contribution in [1.82, 2.24) is 10.4 Å². The summed E-state index contributed by atoms with van der Waals surface area (Å²) < 4.78 is 5.32. The zero-order chi connectivity index (χ0) is 23.1. The van der Waals surface area contributed by atoms with Crippen LogP contribution in [0.3, 0.4) is 0 Å². The fraction of sp³-hybridized carbons (Fsp3) is 0.440. The van der Waals surface area contributed by atoms with Gasteiger partial charge < -0.3 is 4.74 Å². The highest BCUT2D eigenvalue weighted by molar-refractivity contribution is 6.41. The minimum atomic E-state index is -0.187. The maximum Gasteiger partial charge on any atom is 0.282 e. The molecule has 174 valence electrons. The van der Waals surface area contributed by atoms with Crippen molar-refractivity contribution >= 4 is 40.5 Å². The Morgan fingerprint density at radius 2 is 1.79 bits per heavy atom. The minimum absolute atomic E-state index is 0.145. The molecule has 2 fully saturated rings. The van der Waals surface area contributed by atoms with Crippen LogP contribution < -0.4 is 15.2 Å². The molecule has 1 saturated carbocycles. The summed E-state index contributed by atoms with van der Waals surface area (Å²) in [5.74, 6) is 1.88. The average Bonchev–Trinajstić information content (AvgIpc) is 3.47. The number of hydrazone groups is 1. The van der Waals surface area contributed by atoms with Crippen LogP contribution in [-0.2, 0) is 4.79 Å². The largest absolute Gasteiger partial charge is 0.497 e. The molecule has 2 heterocycles. The molecule has 0 aromatic heterocycles. The third kappa shape index (κ3) is 4.32. The number of amides is 1. The van der Waals surface area contributed by atoms with E-state index < -0.39 is 0 Å². The molecule has 0 spiro atoms. The summed E-state index contributed by atoms with van der Waals surface area (Å²) in [6.45, 7) is 3.88. The number of hydrogen-bond acceptors (Lipinski definition) is 5. The van der Waals surface area contributed by atoms with Crippen molar-refractivity contribution in [3.8, 4) is 5.75 Å². The summed E-state index contributed by atoms with van der Waals surface area (Å²) >= 11 is 12.7. The first-order valence-corrected chi connectivity index (χ1v) is 12.2. The van der Waals surface area contributed by atoms with Crippen LogP contribution in [0.2, 0.25) is 10.0 Å². The lowest BCUT2D eigenvalue weighted by molar-refractivity contribution is -0.119. The van der Waals surface area contributed by atoms with E-state index >= 15 is 0 Å². The molecular formula is C25H28Cl2N4O2. The van der Waals surface area contributed by atoms with Gasteiger partial charge in [0, 0.05) is 24.0 Å². The van der Waals surface area contributed by atoms with E-state index in [0.29, 0.717) is 33.3 Å². The second-order valence-corrected chi connectivity index (χ2v) is 10.1. The Labute approximate surface area is 204 Å². The van der Waals surface area contributed by atoms with Crippen LogP contribution >= 0.6 is 23.2 Å². The number of fused-ring (bicyclic) bond motifs is 1. The van der Waals surface area contributed by atoms with Crippen molar-refractivity contribution in [3.05, 3.63) is 58.1 Å². The Hall–Kier alpha value is -2.28. The number of ether oxygens (including phenoxy) is 1. The highest BCUT2D eigenvalue weighted by atomic mass is 35.5. The summed E-state index contributed by atoms with van der Waals surface area (Å²) in [6.07, 6.45) is 3.83. The zero-order valence-electron chi connectivity index (χ0n) is 18.8. The molecule has 6 nitrogen and oxygen atoms in total. The summed E-state index contributed by atoms with van der Waals surface area (Å²) in [6, 6.07) is 13.0. The normalized spacial score (nSPS) is 26.9. The number of carbonyl (C=O) groups excluding carboxylic acids is 1. The average molecular weight is 487 g/mol. The highest BCUT2D eigenvalue weighted by Crippen LogP contribution is 2.43. The Kier molecular flexibility index (Phi) is 6.25. The lowest BCUT2D eigenvalue weighted by atomic mass is 9.91. The first-order chi connectivity index (χ1) is 15.9. The molecule has 2 aromatic carbocycles. The van der Waals surface area contributed by atoms with Gasteiger partial charge >= 0.3 is 0 Å². The number of nitrogens with zero attached hydrogens (tertiary/aromatic N) is 3. The Bertz CT molecular complexity index is 1060. The first-order valence-electron chi connectivity index (χ1n) is 11.5. The predicted molar refractivity (Wildman–Crippen MR) is 132 cm³/mol. The quantitative estimate of drug-likeness (QED) is 0.621. The van der Waals surface area contributed by atoms with E-state index in [1.165, 1.54) is 19.3 Å². The van der Waals surface area contributed by atoms with Crippen LogP contribution in [0.1, 0.15) is 37.8 Å². The maximum atomic E-state index is 13.3. The third-order valence-corrected chi connectivity index (χ3v) is 7.75. The van der Waals surface area contributed by atoms with Gasteiger partial charge in [0.2, 0.25) is 0 Å². The molecule has 2 unspecified atom stereocenters. The molecule has 3 aliphatic rings. The SMILES string of the molecule is COc1ccc([C@H]2[C@H](C)C(C(=O)NN3CC4CCCC4C3)=NN2c2ccc(Cl)cc2Cl)cc1. The van der Waals surface area contributed by atoms with Crippen LogP contribution in [0.25, 0.3) is 0 Å². The molecule has 2 aromatic rings. The molecule has 4 atom stereocenters. The fourth-order valence-electron chi connectivity index (χ4n) is 5.51. The number of hydrogen-bond donors (Lipinski definition) is 1. The molecule has 0 bridgehead atoms. The van der Waals surface area contributed by atoms with Gasteiger partial charge in [-0.25, -0.2) is 5.01 Å². The standard InChI is InChI=1S/C25H28Cl2N4O2/c1-15-23(25(32)29-30-13-17-4-3-5-18(17)14-30)28-31(22-11-8-19(26)12-21(22)27)24(15)16-6-9-20(33-2)10-7-16/h6-12,15,17-18,24H,3-5,13-14H2,1-2H3,(H,29,32)/t15-,17?,18?,24-/m1/s1. The van der Waals surface area contributed by atoms with Gasteiger partial charge in [-0.15, -0.1) is 0 Å². The van der Waals surface area contributed by atoms with Crippen molar-refractivity contribution < 1.29 is 9.53 Å². The molecule has 1 saturated heterocycles.